The average Bonchev–Trinajstić information content (AvgIpc) is 3.15. The van der Waals surface area contributed by atoms with Crippen LogP contribution < -0.4 is 25.6 Å². The van der Waals surface area contributed by atoms with Crippen molar-refractivity contribution >= 4 is 29.4 Å². The van der Waals surface area contributed by atoms with Gasteiger partial charge in [-0.1, -0.05) is 30.0 Å². The highest BCUT2D eigenvalue weighted by Gasteiger charge is 2.52. The Labute approximate surface area is 226 Å². The number of para-hydroxylation sites is 1. The number of thioether (sulfide) groups is 1. The van der Waals surface area contributed by atoms with Crippen molar-refractivity contribution in [3.63, 3.8) is 0 Å². The number of urea groups is 1. The van der Waals surface area contributed by atoms with Gasteiger partial charge in [-0.05, 0) is 62.8 Å². The zero-order valence-electron chi connectivity index (χ0n) is 21.6. The molecule has 0 radical (unpaired) electrons. The smallest absolute Gasteiger partial charge is 0.326 e. The number of nitrogens with zero attached hydrogens (tertiary/aromatic N) is 2. The number of amides is 3. The van der Waals surface area contributed by atoms with Crippen molar-refractivity contribution in [3.8, 4) is 11.5 Å². The van der Waals surface area contributed by atoms with Gasteiger partial charge in [-0.2, -0.15) is 0 Å². The average molecular weight is 536 g/mol. The van der Waals surface area contributed by atoms with Crippen LogP contribution in [0.25, 0.3) is 0 Å². The molecule has 3 fully saturated rings. The lowest BCUT2D eigenvalue weighted by Gasteiger charge is -2.46. The van der Waals surface area contributed by atoms with Gasteiger partial charge < -0.3 is 30.3 Å². The number of hydrogen-bond acceptors (Lipinski definition) is 7. The van der Waals surface area contributed by atoms with Crippen molar-refractivity contribution in [1.82, 2.24) is 20.9 Å². The molecule has 0 spiro atoms. The number of carbonyl (C=O) groups is 2. The van der Waals surface area contributed by atoms with Crippen LogP contribution >= 0.6 is 11.8 Å². The highest BCUT2D eigenvalue weighted by Crippen LogP contribution is 2.48. The summed E-state index contributed by atoms with van der Waals surface area (Å²) in [5.41, 5.74) is 2.55. The van der Waals surface area contributed by atoms with E-state index in [-0.39, 0.29) is 35.3 Å². The molecular formula is C28H33N5O4S. The fourth-order valence-corrected chi connectivity index (χ4v) is 7.19. The fourth-order valence-electron chi connectivity index (χ4n) is 5.79. The second-order valence-electron chi connectivity index (χ2n) is 10.3. The molecule has 9 nitrogen and oxygen atoms in total. The number of nitrogens with one attached hydrogen (secondary N) is 3. The Morgan fingerprint density at radius 3 is 2.84 bits per heavy atom. The first-order chi connectivity index (χ1) is 18.5. The maximum absolute atomic E-state index is 13.6. The molecule has 3 amide bonds. The first-order valence-corrected chi connectivity index (χ1v) is 14.0. The Balaban J connectivity index is 1.24. The molecule has 4 unspecified atom stereocenters. The van der Waals surface area contributed by atoms with Gasteiger partial charge in [0.1, 0.15) is 11.5 Å². The molecular weight excluding hydrogens is 502 g/mol. The molecule has 0 aromatic heterocycles. The number of benzene rings is 2. The predicted molar refractivity (Wildman–Crippen MR) is 147 cm³/mol. The third-order valence-electron chi connectivity index (χ3n) is 7.56. The standard InChI is InChI=1S/C28H33N5O4S/c1-17-14-20(37-19-6-4-3-5-7-19)8-9-21(17)33-22-10-11-29-27-23(22)24(31-28(33)35)25(38-27)26(34)30-18-15-32(2)12-13-36-16-18/h3-9,14,18,22-23,27,29H,10-13,15-16H2,1-2H3,(H,30,34)(H,31,35). The van der Waals surface area contributed by atoms with E-state index in [9.17, 15) is 9.59 Å². The third kappa shape index (κ3) is 4.89. The third-order valence-corrected chi connectivity index (χ3v) is 8.91. The molecule has 4 heterocycles. The number of ether oxygens (including phenoxy) is 2. The molecule has 3 N–H and O–H groups in total. The van der Waals surface area contributed by atoms with Crippen LogP contribution in [0.3, 0.4) is 0 Å². The number of anilines is 1. The molecule has 3 saturated heterocycles. The molecule has 4 atom stereocenters. The van der Waals surface area contributed by atoms with Crippen molar-refractivity contribution in [3.05, 3.63) is 64.7 Å². The number of likely N-dealkylation sites (N-methyl/N-ethyl adjacent to an activating group) is 1. The normalized spacial score (nSPS) is 27.4. The molecule has 4 aliphatic rings. The molecule has 2 aromatic carbocycles. The second-order valence-corrected chi connectivity index (χ2v) is 11.4. The van der Waals surface area contributed by atoms with Gasteiger partial charge in [-0.25, -0.2) is 4.79 Å². The Kier molecular flexibility index (Phi) is 7.05. The summed E-state index contributed by atoms with van der Waals surface area (Å²) >= 11 is 1.52. The highest BCUT2D eigenvalue weighted by atomic mass is 32.2. The lowest BCUT2D eigenvalue weighted by Crippen LogP contribution is -2.62. The van der Waals surface area contributed by atoms with Gasteiger partial charge in [0.15, 0.2) is 0 Å². The lowest BCUT2D eigenvalue weighted by molar-refractivity contribution is -0.117. The molecule has 200 valence electrons. The van der Waals surface area contributed by atoms with Crippen LogP contribution in [0.5, 0.6) is 11.5 Å². The lowest BCUT2D eigenvalue weighted by atomic mass is 9.86. The van der Waals surface area contributed by atoms with Crippen LogP contribution in [0.15, 0.2) is 59.1 Å². The molecule has 0 bridgehead atoms. The molecule has 4 aliphatic heterocycles. The minimum Gasteiger partial charge on any atom is -0.457 e. The van der Waals surface area contributed by atoms with Crippen LogP contribution in [0.4, 0.5) is 10.5 Å². The van der Waals surface area contributed by atoms with Crippen LogP contribution in [-0.4, -0.2) is 74.2 Å². The van der Waals surface area contributed by atoms with E-state index in [0.717, 1.165) is 54.5 Å². The summed E-state index contributed by atoms with van der Waals surface area (Å²) in [5.74, 6) is 1.35. The van der Waals surface area contributed by atoms with Crippen LogP contribution in [-0.2, 0) is 9.53 Å². The number of rotatable bonds is 5. The van der Waals surface area contributed by atoms with E-state index in [1.807, 2.05) is 67.4 Å². The van der Waals surface area contributed by atoms with Crippen molar-refractivity contribution in [1.29, 1.82) is 0 Å². The summed E-state index contributed by atoms with van der Waals surface area (Å²) in [6, 6.07) is 15.1. The summed E-state index contributed by atoms with van der Waals surface area (Å²) in [7, 11) is 2.03. The summed E-state index contributed by atoms with van der Waals surface area (Å²) in [5, 5.41) is 9.84. The van der Waals surface area contributed by atoms with E-state index in [2.05, 4.69) is 20.9 Å². The van der Waals surface area contributed by atoms with E-state index in [4.69, 9.17) is 9.47 Å². The van der Waals surface area contributed by atoms with Gasteiger partial charge in [0.05, 0.1) is 35.6 Å². The monoisotopic (exact) mass is 535 g/mol. The number of aryl methyl sites for hydroxylation is 1. The van der Waals surface area contributed by atoms with E-state index in [1.165, 1.54) is 11.8 Å². The van der Waals surface area contributed by atoms with E-state index >= 15 is 0 Å². The number of carbonyl (C=O) groups excluding carboxylic acids is 2. The van der Waals surface area contributed by atoms with Crippen molar-refractivity contribution in [2.24, 2.45) is 5.92 Å². The van der Waals surface area contributed by atoms with Gasteiger partial charge in [-0.3, -0.25) is 9.69 Å². The SMILES string of the molecule is Cc1cc(Oc2ccccc2)ccc1N1C(=O)NC2=C(C(=O)NC3COCCN(C)C3)SC3NCCC1C23. The largest absolute Gasteiger partial charge is 0.457 e. The first kappa shape index (κ1) is 25.2. The van der Waals surface area contributed by atoms with Crippen molar-refractivity contribution < 1.29 is 19.1 Å². The van der Waals surface area contributed by atoms with Gasteiger partial charge in [0.25, 0.3) is 5.91 Å². The van der Waals surface area contributed by atoms with Crippen molar-refractivity contribution in [2.45, 2.75) is 30.8 Å². The van der Waals surface area contributed by atoms with Gasteiger partial charge in [0, 0.05) is 30.4 Å². The minimum atomic E-state index is -0.202. The van der Waals surface area contributed by atoms with Crippen LogP contribution in [0, 0.1) is 12.8 Å². The Bertz CT molecular complexity index is 1260. The predicted octanol–water partition coefficient (Wildman–Crippen LogP) is 3.03. The Hall–Kier alpha value is -3.05. The molecule has 2 aromatic rings. The summed E-state index contributed by atoms with van der Waals surface area (Å²) in [6.45, 7) is 5.50. The Morgan fingerprint density at radius 1 is 1.18 bits per heavy atom. The van der Waals surface area contributed by atoms with E-state index in [0.29, 0.717) is 18.1 Å². The minimum absolute atomic E-state index is 0.0000903. The second kappa shape index (κ2) is 10.6. The quantitative estimate of drug-likeness (QED) is 0.542. The highest BCUT2D eigenvalue weighted by molar-refractivity contribution is 8.04. The first-order valence-electron chi connectivity index (χ1n) is 13.1. The zero-order chi connectivity index (χ0) is 26.2. The molecule has 10 heteroatoms. The van der Waals surface area contributed by atoms with Crippen LogP contribution in [0.1, 0.15) is 12.0 Å². The van der Waals surface area contributed by atoms with E-state index < -0.39 is 0 Å². The van der Waals surface area contributed by atoms with Crippen LogP contribution in [0.2, 0.25) is 0 Å². The summed E-state index contributed by atoms with van der Waals surface area (Å²) in [4.78, 5) is 31.6. The molecule has 38 heavy (non-hydrogen) atoms. The van der Waals surface area contributed by atoms with Crippen molar-refractivity contribution in [2.75, 3.05) is 44.8 Å². The maximum atomic E-state index is 13.6. The zero-order valence-corrected chi connectivity index (χ0v) is 22.4. The maximum Gasteiger partial charge on any atom is 0.326 e. The number of hydrogen-bond donors (Lipinski definition) is 3. The van der Waals surface area contributed by atoms with E-state index in [1.54, 1.807) is 0 Å². The van der Waals surface area contributed by atoms with Gasteiger partial charge >= 0.3 is 6.03 Å². The molecule has 6 rings (SSSR count). The number of piperidine rings is 1. The molecule has 0 aliphatic carbocycles. The topological polar surface area (TPSA) is 95.2 Å². The fraction of sp³-hybridized carbons (Fsp3) is 0.429. The summed E-state index contributed by atoms with van der Waals surface area (Å²) in [6.07, 6.45) is 0.802. The van der Waals surface area contributed by atoms with Gasteiger partial charge in [-0.15, -0.1) is 0 Å². The molecule has 0 saturated carbocycles. The Morgan fingerprint density at radius 2 is 2.03 bits per heavy atom. The summed E-state index contributed by atoms with van der Waals surface area (Å²) < 4.78 is 11.7. The van der Waals surface area contributed by atoms with Gasteiger partial charge in [0.2, 0.25) is 0 Å².